The van der Waals surface area contributed by atoms with Gasteiger partial charge in [0.25, 0.3) is 0 Å². The number of nitrogens with one attached hydrogen (secondary N) is 1. The van der Waals surface area contributed by atoms with Crippen molar-refractivity contribution in [3.63, 3.8) is 0 Å². The second kappa shape index (κ2) is 5.01. The number of hydrogen-bond donors (Lipinski definition) is 1. The molecule has 0 aliphatic carbocycles. The average Bonchev–Trinajstić information content (AvgIpc) is 2.78. The second-order valence-corrected chi connectivity index (χ2v) is 6.17. The fourth-order valence-electron chi connectivity index (χ4n) is 1.85. The van der Waals surface area contributed by atoms with Crippen LogP contribution in [0.25, 0.3) is 0 Å². The van der Waals surface area contributed by atoms with E-state index < -0.39 is 9.84 Å². The lowest BCUT2D eigenvalue weighted by Gasteiger charge is -2.13. The van der Waals surface area contributed by atoms with Gasteiger partial charge >= 0.3 is 0 Å². The van der Waals surface area contributed by atoms with Gasteiger partial charge in [-0.25, -0.2) is 13.4 Å². The van der Waals surface area contributed by atoms with Gasteiger partial charge in [0, 0.05) is 18.5 Å². The Morgan fingerprint density at radius 3 is 3.06 bits per heavy atom. The maximum atomic E-state index is 11.5. The summed E-state index contributed by atoms with van der Waals surface area (Å²) in [5.74, 6) is 0.198. The maximum Gasteiger partial charge on any atom is 0.232 e. The van der Waals surface area contributed by atoms with E-state index >= 15 is 0 Å². The molecule has 0 radical (unpaired) electrons. The number of aromatic nitrogens is 1. The van der Waals surface area contributed by atoms with Gasteiger partial charge in [-0.2, -0.15) is 0 Å². The Kier molecular flexibility index (Phi) is 3.63. The van der Waals surface area contributed by atoms with Crippen LogP contribution in [0, 0.1) is 0 Å². The zero-order chi connectivity index (χ0) is 12.3. The number of hydrogen-bond acceptors (Lipinski definition) is 5. The number of sulfone groups is 1. The molecule has 1 aromatic rings. The topological polar surface area (TPSA) is 68.3 Å². The molecule has 0 spiro atoms. The highest BCUT2D eigenvalue weighted by atomic mass is 32.2. The molecular weight excluding hydrogens is 240 g/mol. The first kappa shape index (κ1) is 12.3. The molecule has 6 heteroatoms. The molecule has 0 saturated carbocycles. The minimum atomic E-state index is -3.29. The highest BCUT2D eigenvalue weighted by Crippen LogP contribution is 2.20. The fraction of sp³-hybridized carbons (Fsp3) is 0.545. The molecule has 0 bridgehead atoms. The Morgan fingerprint density at radius 2 is 2.41 bits per heavy atom. The first-order valence-electron chi connectivity index (χ1n) is 5.58. The molecule has 1 aromatic heterocycles. The zero-order valence-electron chi connectivity index (χ0n) is 9.72. The maximum absolute atomic E-state index is 11.5. The van der Waals surface area contributed by atoms with E-state index in [9.17, 15) is 8.42 Å². The largest absolute Gasteiger partial charge is 0.475 e. The smallest absolute Gasteiger partial charge is 0.232 e. The third-order valence-electron chi connectivity index (χ3n) is 2.72. The molecular formula is C11H16N2O3S. The van der Waals surface area contributed by atoms with Gasteiger partial charge < -0.3 is 10.1 Å². The fourth-order valence-corrected chi connectivity index (χ4v) is 2.60. The Labute approximate surface area is 101 Å². The van der Waals surface area contributed by atoms with Crippen LogP contribution in [0.1, 0.15) is 12.8 Å². The Bertz CT molecular complexity index is 481. The normalized spacial score (nSPS) is 20.4. The number of rotatable bonds is 4. The van der Waals surface area contributed by atoms with E-state index in [1.807, 2.05) is 0 Å². The highest BCUT2D eigenvalue weighted by molar-refractivity contribution is 7.90. The lowest BCUT2D eigenvalue weighted by Crippen LogP contribution is -2.28. The molecule has 1 unspecified atom stereocenters. The molecule has 1 aliphatic heterocycles. The van der Waals surface area contributed by atoms with Crippen LogP contribution in [-0.2, 0) is 9.84 Å². The molecule has 0 aromatic carbocycles. The van der Waals surface area contributed by atoms with E-state index in [0.29, 0.717) is 12.6 Å². The highest BCUT2D eigenvalue weighted by Gasteiger charge is 2.18. The van der Waals surface area contributed by atoms with Crippen molar-refractivity contribution in [1.29, 1.82) is 0 Å². The van der Waals surface area contributed by atoms with Gasteiger partial charge in [-0.3, -0.25) is 0 Å². The van der Waals surface area contributed by atoms with Gasteiger partial charge in [-0.1, -0.05) is 0 Å². The number of pyridine rings is 1. The first-order chi connectivity index (χ1) is 8.07. The predicted molar refractivity (Wildman–Crippen MR) is 63.9 cm³/mol. The van der Waals surface area contributed by atoms with Gasteiger partial charge in [0.1, 0.15) is 11.5 Å². The van der Waals surface area contributed by atoms with Crippen molar-refractivity contribution in [2.75, 3.05) is 19.4 Å². The van der Waals surface area contributed by atoms with E-state index in [-0.39, 0.29) is 10.8 Å². The van der Waals surface area contributed by atoms with Crippen LogP contribution >= 0.6 is 0 Å². The van der Waals surface area contributed by atoms with Gasteiger partial charge in [-0.05, 0) is 31.5 Å². The van der Waals surface area contributed by atoms with Gasteiger partial charge in [-0.15, -0.1) is 0 Å². The van der Waals surface area contributed by atoms with E-state index in [2.05, 4.69) is 10.3 Å². The summed E-state index contributed by atoms with van der Waals surface area (Å²) in [6.45, 7) is 1.45. The standard InChI is InChI=1S/C11H16N2O3S/c1-17(14,15)10-5-3-7-13-11(10)16-8-9-4-2-6-12-9/h3,5,7,9,12H,2,4,6,8H2,1H3. The Hall–Kier alpha value is -1.14. The number of ether oxygens (including phenoxy) is 1. The molecule has 0 amide bonds. The molecule has 1 atom stereocenters. The molecule has 1 fully saturated rings. The zero-order valence-corrected chi connectivity index (χ0v) is 10.5. The predicted octanol–water partition coefficient (Wildman–Crippen LogP) is 0.616. The van der Waals surface area contributed by atoms with E-state index in [4.69, 9.17) is 4.74 Å². The molecule has 2 rings (SSSR count). The second-order valence-electron chi connectivity index (χ2n) is 4.18. The molecule has 1 aliphatic rings. The average molecular weight is 256 g/mol. The first-order valence-corrected chi connectivity index (χ1v) is 7.48. The summed E-state index contributed by atoms with van der Waals surface area (Å²) >= 11 is 0. The molecule has 94 valence electrons. The minimum Gasteiger partial charge on any atom is -0.475 e. The summed E-state index contributed by atoms with van der Waals surface area (Å²) < 4.78 is 28.5. The van der Waals surface area contributed by atoms with Crippen LogP contribution < -0.4 is 10.1 Å². The van der Waals surface area contributed by atoms with Crippen molar-refractivity contribution in [3.05, 3.63) is 18.3 Å². The van der Waals surface area contributed by atoms with Crippen LogP contribution in [0.3, 0.4) is 0 Å². The van der Waals surface area contributed by atoms with Crippen molar-refractivity contribution < 1.29 is 13.2 Å². The van der Waals surface area contributed by atoms with Crippen molar-refractivity contribution in [2.24, 2.45) is 0 Å². The lowest BCUT2D eigenvalue weighted by atomic mass is 10.2. The summed E-state index contributed by atoms with van der Waals surface area (Å²) in [4.78, 5) is 4.13. The SMILES string of the molecule is CS(=O)(=O)c1cccnc1OCC1CCCN1. The summed E-state index contributed by atoms with van der Waals surface area (Å²) in [5, 5.41) is 3.28. The lowest BCUT2D eigenvalue weighted by molar-refractivity contribution is 0.260. The van der Waals surface area contributed by atoms with Crippen LogP contribution in [0.5, 0.6) is 5.88 Å². The van der Waals surface area contributed by atoms with Gasteiger partial charge in [0.05, 0.1) is 0 Å². The van der Waals surface area contributed by atoms with E-state index in [1.54, 1.807) is 6.07 Å². The van der Waals surface area contributed by atoms with Crippen LogP contribution in [0.2, 0.25) is 0 Å². The van der Waals surface area contributed by atoms with Gasteiger partial charge in [0.2, 0.25) is 5.88 Å². The van der Waals surface area contributed by atoms with Crippen LogP contribution in [0.4, 0.5) is 0 Å². The summed E-state index contributed by atoms with van der Waals surface area (Å²) in [6, 6.07) is 3.40. The Balaban J connectivity index is 2.09. The molecule has 1 N–H and O–H groups in total. The van der Waals surface area contributed by atoms with Crippen molar-refractivity contribution in [1.82, 2.24) is 10.3 Å². The third-order valence-corrected chi connectivity index (χ3v) is 3.83. The molecule has 17 heavy (non-hydrogen) atoms. The van der Waals surface area contributed by atoms with E-state index in [1.165, 1.54) is 12.3 Å². The number of nitrogens with zero attached hydrogens (tertiary/aromatic N) is 1. The van der Waals surface area contributed by atoms with Crippen LogP contribution in [0.15, 0.2) is 23.2 Å². The van der Waals surface area contributed by atoms with Crippen molar-refractivity contribution in [2.45, 2.75) is 23.8 Å². The van der Waals surface area contributed by atoms with Gasteiger partial charge in [0.15, 0.2) is 9.84 Å². The Morgan fingerprint density at radius 1 is 1.59 bits per heavy atom. The van der Waals surface area contributed by atoms with Crippen molar-refractivity contribution in [3.8, 4) is 5.88 Å². The minimum absolute atomic E-state index is 0.151. The summed E-state index contributed by atoms with van der Waals surface area (Å²) in [7, 11) is -3.29. The monoisotopic (exact) mass is 256 g/mol. The third kappa shape index (κ3) is 3.17. The summed E-state index contributed by atoms with van der Waals surface area (Å²) in [6.07, 6.45) is 4.88. The molecule has 1 saturated heterocycles. The quantitative estimate of drug-likeness (QED) is 0.855. The molecule has 5 nitrogen and oxygen atoms in total. The molecule has 2 heterocycles. The van der Waals surface area contributed by atoms with E-state index in [0.717, 1.165) is 25.6 Å². The van der Waals surface area contributed by atoms with Crippen molar-refractivity contribution >= 4 is 9.84 Å². The van der Waals surface area contributed by atoms with Crippen LogP contribution in [-0.4, -0.2) is 38.9 Å². The summed E-state index contributed by atoms with van der Waals surface area (Å²) in [5.41, 5.74) is 0.